The third-order valence-corrected chi connectivity index (χ3v) is 4.99. The molecule has 0 radical (unpaired) electrons. The third-order valence-electron chi connectivity index (χ3n) is 4.99. The second-order valence-corrected chi connectivity index (χ2v) is 7.29. The molecule has 16 heteroatoms. The van der Waals surface area contributed by atoms with Crippen LogP contribution in [0, 0.1) is 0 Å². The zero-order chi connectivity index (χ0) is 25.0. The number of rotatable bonds is 4. The molecule has 0 amide bonds. The van der Waals surface area contributed by atoms with Crippen LogP contribution in [-0.2, 0) is 17.1 Å². The molecule has 0 unspecified atom stereocenters. The molecule has 3 aromatic rings. The van der Waals surface area contributed by atoms with Gasteiger partial charge < -0.3 is 30.5 Å². The number of ether oxygens (including phenoxy) is 2. The van der Waals surface area contributed by atoms with E-state index in [9.17, 15) is 41.7 Å². The Bertz CT molecular complexity index is 1180. The van der Waals surface area contributed by atoms with Crippen LogP contribution in [-0.4, -0.2) is 59.8 Å². The zero-order valence-electron chi connectivity index (χ0n) is 16.6. The van der Waals surface area contributed by atoms with E-state index >= 15 is 0 Å². The predicted molar refractivity (Wildman–Crippen MR) is 99.3 cm³/mol. The fraction of sp³-hybridized carbons (Fsp3) is 0.389. The first kappa shape index (κ1) is 23.9. The minimum absolute atomic E-state index is 0.0508. The van der Waals surface area contributed by atoms with Gasteiger partial charge in [0, 0.05) is 0 Å². The van der Waals surface area contributed by atoms with Gasteiger partial charge in [-0.05, 0) is 18.2 Å². The lowest BCUT2D eigenvalue weighted by molar-refractivity contribution is -0.143. The van der Waals surface area contributed by atoms with Gasteiger partial charge in [0.2, 0.25) is 0 Å². The topological polar surface area (TPSA) is 149 Å². The van der Waals surface area contributed by atoms with Gasteiger partial charge in [-0.15, -0.1) is 0 Å². The SMILES string of the molecule is Nc1nc(Oc2cc(C(F)(F)F)cc(C(F)(F)F)c2)nc2c1ncn2[C@@H]1O[C@H](CO)[C@@H](O)[C@H]1O. The number of aliphatic hydroxyl groups excluding tert-OH is 3. The van der Waals surface area contributed by atoms with Crippen molar-refractivity contribution in [2.24, 2.45) is 0 Å². The number of aliphatic hydroxyl groups is 3. The van der Waals surface area contributed by atoms with E-state index in [0.29, 0.717) is 12.1 Å². The van der Waals surface area contributed by atoms with Crippen LogP contribution in [0.4, 0.5) is 32.2 Å². The molecule has 4 atom stereocenters. The van der Waals surface area contributed by atoms with Crippen LogP contribution in [0.25, 0.3) is 11.2 Å². The molecule has 4 rings (SSSR count). The van der Waals surface area contributed by atoms with E-state index in [4.69, 9.17) is 15.2 Å². The Labute approximate surface area is 185 Å². The lowest BCUT2D eigenvalue weighted by Gasteiger charge is -2.17. The van der Waals surface area contributed by atoms with E-state index in [-0.39, 0.29) is 23.0 Å². The number of anilines is 1. The Morgan fingerprint density at radius 1 is 1.00 bits per heavy atom. The highest BCUT2D eigenvalue weighted by molar-refractivity contribution is 5.82. The van der Waals surface area contributed by atoms with Crippen molar-refractivity contribution in [3.05, 3.63) is 35.7 Å². The van der Waals surface area contributed by atoms with Crippen LogP contribution in [0.2, 0.25) is 0 Å². The van der Waals surface area contributed by atoms with E-state index < -0.39 is 66.4 Å². The fourth-order valence-electron chi connectivity index (χ4n) is 3.35. The van der Waals surface area contributed by atoms with Crippen molar-refractivity contribution in [1.29, 1.82) is 0 Å². The van der Waals surface area contributed by atoms with Crippen molar-refractivity contribution >= 4 is 17.0 Å². The van der Waals surface area contributed by atoms with Gasteiger partial charge in [0.15, 0.2) is 23.2 Å². The molecule has 1 saturated heterocycles. The minimum atomic E-state index is -5.10. The Morgan fingerprint density at radius 3 is 2.15 bits per heavy atom. The number of nitrogen functional groups attached to an aromatic ring is 1. The van der Waals surface area contributed by atoms with E-state index in [2.05, 4.69) is 15.0 Å². The number of imidazole rings is 1. The number of nitrogens with two attached hydrogens (primary N) is 1. The quantitative estimate of drug-likeness (QED) is 0.398. The molecule has 0 spiro atoms. The first-order chi connectivity index (χ1) is 15.8. The molecule has 1 aliphatic rings. The first-order valence-electron chi connectivity index (χ1n) is 9.39. The Kier molecular flexibility index (Phi) is 5.79. The van der Waals surface area contributed by atoms with Gasteiger partial charge in [-0.3, -0.25) is 4.57 Å². The summed E-state index contributed by atoms with van der Waals surface area (Å²) in [5.41, 5.74) is 2.34. The molecule has 0 aliphatic carbocycles. The van der Waals surface area contributed by atoms with Crippen molar-refractivity contribution in [2.75, 3.05) is 12.3 Å². The number of halogens is 6. The highest BCUT2D eigenvalue weighted by Gasteiger charge is 2.44. The van der Waals surface area contributed by atoms with Gasteiger partial charge in [-0.25, -0.2) is 4.98 Å². The van der Waals surface area contributed by atoms with Crippen LogP contribution in [0.15, 0.2) is 24.5 Å². The van der Waals surface area contributed by atoms with Crippen molar-refractivity contribution in [1.82, 2.24) is 19.5 Å². The molecule has 0 bridgehead atoms. The summed E-state index contributed by atoms with van der Waals surface area (Å²) in [6, 6.07) is -0.113. The molecule has 3 heterocycles. The summed E-state index contributed by atoms with van der Waals surface area (Å²) in [4.78, 5) is 11.6. The summed E-state index contributed by atoms with van der Waals surface area (Å²) in [6.07, 6.45) is -14.5. The van der Waals surface area contributed by atoms with Gasteiger partial charge in [0.05, 0.1) is 24.1 Å². The molecule has 34 heavy (non-hydrogen) atoms. The van der Waals surface area contributed by atoms with Crippen LogP contribution in [0.3, 0.4) is 0 Å². The number of fused-ring (bicyclic) bond motifs is 1. The largest absolute Gasteiger partial charge is 0.424 e. The molecule has 10 nitrogen and oxygen atoms in total. The van der Waals surface area contributed by atoms with Crippen molar-refractivity contribution < 1.29 is 51.1 Å². The smallest absolute Gasteiger partial charge is 0.416 e. The molecule has 2 aromatic heterocycles. The summed E-state index contributed by atoms with van der Waals surface area (Å²) in [5.74, 6) is -1.20. The average Bonchev–Trinajstić information content (AvgIpc) is 3.28. The monoisotopic (exact) mass is 495 g/mol. The van der Waals surface area contributed by atoms with E-state index in [1.165, 1.54) is 0 Å². The Morgan fingerprint density at radius 2 is 1.62 bits per heavy atom. The number of aromatic nitrogens is 4. The second kappa shape index (κ2) is 8.23. The molecular weight excluding hydrogens is 480 g/mol. The summed E-state index contributed by atoms with van der Waals surface area (Å²) < 4.78 is 90.1. The maximum atomic E-state index is 13.1. The summed E-state index contributed by atoms with van der Waals surface area (Å²) in [5, 5.41) is 29.4. The fourth-order valence-corrected chi connectivity index (χ4v) is 3.35. The normalized spacial score (nSPS) is 23.6. The molecule has 0 saturated carbocycles. The van der Waals surface area contributed by atoms with Gasteiger partial charge in [0.1, 0.15) is 24.1 Å². The van der Waals surface area contributed by atoms with Gasteiger partial charge >= 0.3 is 18.4 Å². The number of alkyl halides is 6. The lowest BCUT2D eigenvalue weighted by Crippen LogP contribution is -2.33. The lowest BCUT2D eigenvalue weighted by atomic mass is 10.1. The average molecular weight is 495 g/mol. The predicted octanol–water partition coefficient (Wildman–Crippen LogP) is 1.85. The van der Waals surface area contributed by atoms with E-state index in [1.807, 2.05) is 0 Å². The maximum Gasteiger partial charge on any atom is 0.416 e. The van der Waals surface area contributed by atoms with Gasteiger partial charge in [-0.1, -0.05) is 0 Å². The molecule has 1 aliphatic heterocycles. The minimum Gasteiger partial charge on any atom is -0.424 e. The molecule has 1 aromatic carbocycles. The second-order valence-electron chi connectivity index (χ2n) is 7.29. The highest BCUT2D eigenvalue weighted by atomic mass is 19.4. The van der Waals surface area contributed by atoms with E-state index in [0.717, 1.165) is 10.9 Å². The Hall–Kier alpha value is -3.21. The molecule has 5 N–H and O–H groups in total. The van der Waals surface area contributed by atoms with Gasteiger partial charge in [-0.2, -0.15) is 36.3 Å². The summed E-state index contributed by atoms with van der Waals surface area (Å²) in [7, 11) is 0. The van der Waals surface area contributed by atoms with Crippen molar-refractivity contribution in [2.45, 2.75) is 36.9 Å². The maximum absolute atomic E-state index is 13.1. The first-order valence-corrected chi connectivity index (χ1v) is 9.39. The standard InChI is InChI=1S/C18H15F6N5O5/c19-17(20,21)6-1-7(18(22,23)24)3-8(2-6)33-16-27-13(25)10-14(28-16)29(5-26-10)15-12(32)11(31)9(4-30)34-15/h1-3,5,9,11-12,15,30-32H,4H2,(H2,25,27,28)/t9-,11-,12-,15-/m1/s1. The molecule has 1 fully saturated rings. The highest BCUT2D eigenvalue weighted by Crippen LogP contribution is 2.39. The summed E-state index contributed by atoms with van der Waals surface area (Å²) in [6.45, 7) is -0.621. The van der Waals surface area contributed by atoms with Gasteiger partial charge in [0.25, 0.3) is 0 Å². The number of benzene rings is 1. The molecular formula is C18H15F6N5O5. The van der Waals surface area contributed by atoms with Crippen molar-refractivity contribution in [3.8, 4) is 11.8 Å². The van der Waals surface area contributed by atoms with Crippen LogP contribution >= 0.6 is 0 Å². The van der Waals surface area contributed by atoms with E-state index in [1.54, 1.807) is 0 Å². The van der Waals surface area contributed by atoms with Crippen LogP contribution < -0.4 is 10.5 Å². The van der Waals surface area contributed by atoms with Crippen LogP contribution in [0.1, 0.15) is 17.4 Å². The molecule has 184 valence electrons. The third kappa shape index (κ3) is 4.31. The van der Waals surface area contributed by atoms with Crippen molar-refractivity contribution in [3.63, 3.8) is 0 Å². The van der Waals surface area contributed by atoms with Crippen LogP contribution in [0.5, 0.6) is 11.8 Å². The Balaban J connectivity index is 1.75. The number of nitrogens with zero attached hydrogens (tertiary/aromatic N) is 4. The number of hydrogen-bond acceptors (Lipinski definition) is 9. The number of hydrogen-bond donors (Lipinski definition) is 4. The zero-order valence-corrected chi connectivity index (χ0v) is 16.6. The summed E-state index contributed by atoms with van der Waals surface area (Å²) >= 11 is 0.